The third-order valence-corrected chi connectivity index (χ3v) is 4.46. The van der Waals surface area contributed by atoms with Gasteiger partial charge >= 0.3 is 0 Å². The number of benzene rings is 1. The van der Waals surface area contributed by atoms with Crippen LogP contribution in [0.25, 0.3) is 0 Å². The summed E-state index contributed by atoms with van der Waals surface area (Å²) in [5, 5.41) is 4.88. The molecule has 0 saturated heterocycles. The standard InChI is InChI=1S/C17H27Cl2N/c1-4-5-6-7-8-9-13(2)20-14(3)15-10-11-16(18)17(19)12-15/h10-14,20H,4-9H2,1-3H3. The first-order valence-electron chi connectivity index (χ1n) is 7.75. The summed E-state index contributed by atoms with van der Waals surface area (Å²) in [6, 6.07) is 6.69. The van der Waals surface area contributed by atoms with Crippen LogP contribution in [0.2, 0.25) is 10.0 Å². The van der Waals surface area contributed by atoms with Crippen LogP contribution in [0.5, 0.6) is 0 Å². The molecule has 0 amide bonds. The van der Waals surface area contributed by atoms with Crippen LogP contribution >= 0.6 is 23.2 Å². The summed E-state index contributed by atoms with van der Waals surface area (Å²) in [4.78, 5) is 0. The zero-order valence-electron chi connectivity index (χ0n) is 12.9. The van der Waals surface area contributed by atoms with E-state index in [-0.39, 0.29) is 0 Å². The largest absolute Gasteiger partial charge is 0.308 e. The fourth-order valence-electron chi connectivity index (χ4n) is 2.44. The number of rotatable bonds is 9. The van der Waals surface area contributed by atoms with Crippen LogP contribution < -0.4 is 5.32 Å². The molecule has 0 aliphatic heterocycles. The molecule has 0 aromatic heterocycles. The van der Waals surface area contributed by atoms with Crippen LogP contribution in [0.15, 0.2) is 18.2 Å². The second-order valence-corrected chi connectivity index (χ2v) is 6.48. The van der Waals surface area contributed by atoms with Crippen molar-refractivity contribution in [3.05, 3.63) is 33.8 Å². The Labute approximate surface area is 134 Å². The lowest BCUT2D eigenvalue weighted by molar-refractivity contribution is 0.436. The summed E-state index contributed by atoms with van der Waals surface area (Å²) >= 11 is 12.0. The first-order chi connectivity index (χ1) is 9.54. The zero-order chi connectivity index (χ0) is 15.0. The molecule has 0 radical (unpaired) electrons. The fourth-order valence-corrected chi connectivity index (χ4v) is 2.75. The van der Waals surface area contributed by atoms with E-state index in [4.69, 9.17) is 23.2 Å². The van der Waals surface area contributed by atoms with E-state index in [1.54, 1.807) is 0 Å². The van der Waals surface area contributed by atoms with Crippen molar-refractivity contribution in [2.45, 2.75) is 71.4 Å². The van der Waals surface area contributed by atoms with Gasteiger partial charge in [-0.15, -0.1) is 0 Å². The van der Waals surface area contributed by atoms with Crippen molar-refractivity contribution < 1.29 is 0 Å². The molecule has 2 atom stereocenters. The molecule has 0 heterocycles. The van der Waals surface area contributed by atoms with Gasteiger partial charge in [0.1, 0.15) is 0 Å². The highest BCUT2D eigenvalue weighted by Gasteiger charge is 2.10. The lowest BCUT2D eigenvalue weighted by atomic mass is 10.0. The molecule has 114 valence electrons. The first kappa shape index (κ1) is 17.8. The van der Waals surface area contributed by atoms with Crippen molar-refractivity contribution >= 4 is 23.2 Å². The number of hydrogen-bond acceptors (Lipinski definition) is 1. The van der Waals surface area contributed by atoms with Crippen molar-refractivity contribution in [2.24, 2.45) is 0 Å². The molecule has 1 rings (SSSR count). The van der Waals surface area contributed by atoms with Gasteiger partial charge in [0, 0.05) is 12.1 Å². The molecule has 0 aliphatic rings. The predicted octanol–water partition coefficient (Wildman–Crippen LogP) is 6.39. The Morgan fingerprint density at radius 1 is 1.00 bits per heavy atom. The smallest absolute Gasteiger partial charge is 0.0595 e. The lowest BCUT2D eigenvalue weighted by Gasteiger charge is -2.20. The molecule has 1 nitrogen and oxygen atoms in total. The van der Waals surface area contributed by atoms with Crippen LogP contribution in [-0.4, -0.2) is 6.04 Å². The van der Waals surface area contributed by atoms with Gasteiger partial charge in [0.2, 0.25) is 0 Å². The Morgan fingerprint density at radius 3 is 2.35 bits per heavy atom. The van der Waals surface area contributed by atoms with Crippen LogP contribution in [0.3, 0.4) is 0 Å². The molecule has 0 saturated carbocycles. The first-order valence-corrected chi connectivity index (χ1v) is 8.51. The van der Waals surface area contributed by atoms with E-state index in [0.29, 0.717) is 22.1 Å². The van der Waals surface area contributed by atoms with Crippen molar-refractivity contribution in [1.82, 2.24) is 5.32 Å². The quantitative estimate of drug-likeness (QED) is 0.520. The summed E-state index contributed by atoms with van der Waals surface area (Å²) in [6.45, 7) is 6.68. The van der Waals surface area contributed by atoms with E-state index in [2.05, 4.69) is 26.1 Å². The van der Waals surface area contributed by atoms with Crippen LogP contribution in [0, 0.1) is 0 Å². The van der Waals surface area contributed by atoms with E-state index in [9.17, 15) is 0 Å². The maximum atomic E-state index is 6.07. The fraction of sp³-hybridized carbons (Fsp3) is 0.647. The molecule has 0 fully saturated rings. The maximum Gasteiger partial charge on any atom is 0.0595 e. The topological polar surface area (TPSA) is 12.0 Å². The van der Waals surface area contributed by atoms with Gasteiger partial charge in [-0.25, -0.2) is 0 Å². The van der Waals surface area contributed by atoms with Gasteiger partial charge in [-0.1, -0.05) is 68.3 Å². The van der Waals surface area contributed by atoms with E-state index < -0.39 is 0 Å². The Morgan fingerprint density at radius 2 is 1.70 bits per heavy atom. The average molecular weight is 316 g/mol. The normalized spacial score (nSPS) is 14.2. The van der Waals surface area contributed by atoms with Gasteiger partial charge in [0.15, 0.2) is 0 Å². The number of halogens is 2. The van der Waals surface area contributed by atoms with Gasteiger partial charge in [-0.3, -0.25) is 0 Å². The molecule has 3 heteroatoms. The molecule has 1 aromatic carbocycles. The van der Waals surface area contributed by atoms with E-state index in [0.717, 1.165) is 0 Å². The highest BCUT2D eigenvalue weighted by Crippen LogP contribution is 2.25. The zero-order valence-corrected chi connectivity index (χ0v) is 14.4. The second kappa shape index (κ2) is 9.65. The summed E-state index contributed by atoms with van der Waals surface area (Å²) < 4.78 is 0. The van der Waals surface area contributed by atoms with Gasteiger partial charge < -0.3 is 5.32 Å². The van der Waals surface area contributed by atoms with Crippen LogP contribution in [0.4, 0.5) is 0 Å². The minimum absolute atomic E-state index is 0.301. The Balaban J connectivity index is 2.33. The molecule has 0 bridgehead atoms. The molecule has 1 N–H and O–H groups in total. The summed E-state index contributed by atoms with van der Waals surface area (Å²) in [6.07, 6.45) is 7.92. The minimum atomic E-state index is 0.301. The number of unbranched alkanes of at least 4 members (excludes halogenated alkanes) is 4. The van der Waals surface area contributed by atoms with Crippen LogP contribution in [0.1, 0.15) is 70.9 Å². The van der Waals surface area contributed by atoms with E-state index in [1.165, 1.54) is 44.1 Å². The van der Waals surface area contributed by atoms with Gasteiger partial charge in [0.25, 0.3) is 0 Å². The van der Waals surface area contributed by atoms with Crippen molar-refractivity contribution in [2.75, 3.05) is 0 Å². The van der Waals surface area contributed by atoms with Crippen LogP contribution in [-0.2, 0) is 0 Å². The molecule has 2 unspecified atom stereocenters. The summed E-state index contributed by atoms with van der Waals surface area (Å²) in [5.41, 5.74) is 1.19. The highest BCUT2D eigenvalue weighted by molar-refractivity contribution is 6.42. The van der Waals surface area contributed by atoms with Gasteiger partial charge in [-0.05, 0) is 38.0 Å². The maximum absolute atomic E-state index is 6.07. The number of hydrogen-bond donors (Lipinski definition) is 1. The van der Waals surface area contributed by atoms with Crippen molar-refractivity contribution in [3.63, 3.8) is 0 Å². The molecule has 1 aromatic rings. The molecule has 0 spiro atoms. The lowest BCUT2D eigenvalue weighted by Crippen LogP contribution is -2.28. The second-order valence-electron chi connectivity index (χ2n) is 5.67. The molecule has 20 heavy (non-hydrogen) atoms. The minimum Gasteiger partial charge on any atom is -0.308 e. The van der Waals surface area contributed by atoms with E-state index in [1.807, 2.05) is 18.2 Å². The third kappa shape index (κ3) is 6.47. The van der Waals surface area contributed by atoms with Gasteiger partial charge in [0.05, 0.1) is 10.0 Å². The average Bonchev–Trinajstić information content (AvgIpc) is 2.41. The highest BCUT2D eigenvalue weighted by atomic mass is 35.5. The Bertz CT molecular complexity index is 393. The SMILES string of the molecule is CCCCCCCC(C)NC(C)c1ccc(Cl)c(Cl)c1. The summed E-state index contributed by atoms with van der Waals surface area (Å²) in [7, 11) is 0. The monoisotopic (exact) mass is 315 g/mol. The Kier molecular flexibility index (Phi) is 8.60. The van der Waals surface area contributed by atoms with Gasteiger partial charge in [-0.2, -0.15) is 0 Å². The van der Waals surface area contributed by atoms with Crippen molar-refractivity contribution in [3.8, 4) is 0 Å². The van der Waals surface area contributed by atoms with E-state index >= 15 is 0 Å². The molecular weight excluding hydrogens is 289 g/mol. The van der Waals surface area contributed by atoms with Crippen molar-refractivity contribution in [1.29, 1.82) is 0 Å². The summed E-state index contributed by atoms with van der Waals surface area (Å²) in [5.74, 6) is 0. The predicted molar refractivity (Wildman–Crippen MR) is 90.9 cm³/mol. The third-order valence-electron chi connectivity index (χ3n) is 3.72. The molecular formula is C17H27Cl2N. The number of nitrogens with one attached hydrogen (secondary N) is 1. The Hall–Kier alpha value is -0.240. The molecule has 0 aliphatic carbocycles.